The minimum absolute atomic E-state index is 0.249. The molecule has 0 spiro atoms. The van der Waals surface area contributed by atoms with E-state index in [9.17, 15) is 4.79 Å². The molecule has 0 saturated carbocycles. The zero-order valence-corrected chi connectivity index (χ0v) is 12.9. The second-order valence-electron chi connectivity index (χ2n) is 6.38. The average molecular weight is 272 g/mol. The van der Waals surface area contributed by atoms with Gasteiger partial charge in [0.15, 0.2) is 5.78 Å². The maximum atomic E-state index is 12.4. The molecule has 3 nitrogen and oxygen atoms in total. The van der Waals surface area contributed by atoms with Crippen molar-refractivity contribution < 1.29 is 4.79 Å². The number of carbonyl (C=O) groups is 1. The number of para-hydroxylation sites is 2. The summed E-state index contributed by atoms with van der Waals surface area (Å²) in [5, 5.41) is 0. The number of aryl methyl sites for hydroxylation is 1. The first kappa shape index (κ1) is 14.8. The quantitative estimate of drug-likeness (QED) is 0.824. The molecule has 2 rings (SSSR count). The summed E-state index contributed by atoms with van der Waals surface area (Å²) in [6.45, 7) is 8.51. The molecule has 2 aromatic rings. The molecule has 0 fully saturated rings. The summed E-state index contributed by atoms with van der Waals surface area (Å²) in [6.07, 6.45) is 3.17. The van der Waals surface area contributed by atoms with E-state index in [2.05, 4.69) is 11.5 Å². The molecule has 108 valence electrons. The Morgan fingerprint density at radius 3 is 2.60 bits per heavy atom. The van der Waals surface area contributed by atoms with Gasteiger partial charge < -0.3 is 4.57 Å². The minimum atomic E-state index is -0.312. The Morgan fingerprint density at radius 1 is 1.25 bits per heavy atom. The molecule has 20 heavy (non-hydrogen) atoms. The molecule has 0 N–H and O–H groups in total. The van der Waals surface area contributed by atoms with Crippen molar-refractivity contribution in [1.82, 2.24) is 9.55 Å². The van der Waals surface area contributed by atoms with Crippen LogP contribution in [-0.4, -0.2) is 15.3 Å². The molecular formula is C17H24N2O. The van der Waals surface area contributed by atoms with E-state index in [1.165, 1.54) is 0 Å². The van der Waals surface area contributed by atoms with Crippen LogP contribution >= 0.6 is 0 Å². The number of ketones is 1. The van der Waals surface area contributed by atoms with Crippen LogP contribution < -0.4 is 0 Å². The lowest BCUT2D eigenvalue weighted by Gasteiger charge is -2.18. The first-order valence-corrected chi connectivity index (χ1v) is 7.41. The van der Waals surface area contributed by atoms with Crippen LogP contribution in [0.3, 0.4) is 0 Å². The summed E-state index contributed by atoms with van der Waals surface area (Å²) in [5.41, 5.74) is 1.74. The second kappa shape index (κ2) is 5.78. The van der Waals surface area contributed by atoms with Gasteiger partial charge in [-0.3, -0.25) is 4.79 Å². The summed E-state index contributed by atoms with van der Waals surface area (Å²) in [7, 11) is 0. The van der Waals surface area contributed by atoms with Crippen LogP contribution in [0.15, 0.2) is 24.3 Å². The Kier molecular flexibility index (Phi) is 4.26. The molecule has 0 aliphatic heterocycles. The summed E-state index contributed by atoms with van der Waals surface area (Å²) in [6, 6.07) is 8.07. The van der Waals surface area contributed by atoms with E-state index in [0.717, 1.165) is 36.1 Å². The monoisotopic (exact) mass is 272 g/mol. The van der Waals surface area contributed by atoms with Crippen molar-refractivity contribution in [2.24, 2.45) is 5.41 Å². The lowest BCUT2D eigenvalue weighted by molar-refractivity contribution is -0.126. The number of imidazole rings is 1. The number of hydrogen-bond acceptors (Lipinski definition) is 2. The zero-order valence-electron chi connectivity index (χ0n) is 12.9. The molecule has 0 radical (unpaired) electrons. The second-order valence-corrected chi connectivity index (χ2v) is 6.38. The van der Waals surface area contributed by atoms with Crippen molar-refractivity contribution >= 4 is 16.8 Å². The maximum absolute atomic E-state index is 12.4. The highest BCUT2D eigenvalue weighted by atomic mass is 16.1. The van der Waals surface area contributed by atoms with Crippen molar-refractivity contribution in [3.63, 3.8) is 0 Å². The van der Waals surface area contributed by atoms with Crippen LogP contribution in [0.1, 0.15) is 46.4 Å². The number of rotatable bonds is 5. The number of Topliss-reactive ketones (excluding diaryl/α,β-unsaturated/α-hetero) is 1. The Hall–Kier alpha value is -1.64. The van der Waals surface area contributed by atoms with Gasteiger partial charge in [0.25, 0.3) is 0 Å². The molecule has 1 aromatic carbocycles. The molecule has 0 aliphatic rings. The Labute approximate surface area is 121 Å². The summed E-state index contributed by atoms with van der Waals surface area (Å²) < 4.78 is 2.10. The van der Waals surface area contributed by atoms with Gasteiger partial charge in [0.05, 0.1) is 17.6 Å². The van der Waals surface area contributed by atoms with E-state index in [4.69, 9.17) is 4.98 Å². The number of nitrogens with zero attached hydrogens (tertiary/aromatic N) is 2. The van der Waals surface area contributed by atoms with Crippen LogP contribution in [0.4, 0.5) is 0 Å². The molecule has 0 bridgehead atoms. The number of benzene rings is 1. The van der Waals surface area contributed by atoms with Crippen molar-refractivity contribution in [3.05, 3.63) is 30.1 Å². The summed E-state index contributed by atoms with van der Waals surface area (Å²) in [4.78, 5) is 17.0. The normalized spacial score (nSPS) is 12.0. The third-order valence-corrected chi connectivity index (χ3v) is 3.63. The summed E-state index contributed by atoms with van der Waals surface area (Å²) >= 11 is 0. The lowest BCUT2D eigenvalue weighted by atomic mass is 9.91. The van der Waals surface area contributed by atoms with Crippen LogP contribution in [0.2, 0.25) is 0 Å². The fourth-order valence-electron chi connectivity index (χ4n) is 2.21. The predicted octanol–water partition coefficient (Wildman–Crippen LogP) is 3.99. The number of aromatic nitrogens is 2. The molecular weight excluding hydrogens is 248 g/mol. The molecule has 3 heteroatoms. The Balaban J connectivity index is 2.40. The van der Waals surface area contributed by atoms with Gasteiger partial charge in [0.2, 0.25) is 0 Å². The predicted molar refractivity (Wildman–Crippen MR) is 82.8 cm³/mol. The van der Waals surface area contributed by atoms with E-state index in [0.29, 0.717) is 6.54 Å². The van der Waals surface area contributed by atoms with E-state index in [1.807, 2.05) is 45.0 Å². The Bertz CT molecular complexity index is 605. The van der Waals surface area contributed by atoms with Gasteiger partial charge >= 0.3 is 0 Å². The fraction of sp³-hybridized carbons (Fsp3) is 0.529. The van der Waals surface area contributed by atoms with E-state index in [1.54, 1.807) is 0 Å². The van der Waals surface area contributed by atoms with Gasteiger partial charge in [-0.05, 0) is 18.6 Å². The first-order chi connectivity index (χ1) is 9.43. The molecule has 0 aliphatic carbocycles. The Morgan fingerprint density at radius 2 is 1.95 bits per heavy atom. The number of unbranched alkanes of at least 4 members (excludes halogenated alkanes) is 1. The third kappa shape index (κ3) is 3.09. The summed E-state index contributed by atoms with van der Waals surface area (Å²) in [5.74, 6) is 1.28. The van der Waals surface area contributed by atoms with Gasteiger partial charge in [-0.2, -0.15) is 0 Å². The largest absolute Gasteiger partial charge is 0.320 e. The van der Waals surface area contributed by atoms with Gasteiger partial charge in [-0.25, -0.2) is 4.98 Å². The minimum Gasteiger partial charge on any atom is -0.320 e. The van der Waals surface area contributed by atoms with Gasteiger partial charge in [-0.15, -0.1) is 0 Å². The van der Waals surface area contributed by atoms with Crippen molar-refractivity contribution in [2.45, 2.75) is 53.5 Å². The molecule has 1 aromatic heterocycles. The molecule has 1 heterocycles. The van der Waals surface area contributed by atoms with E-state index < -0.39 is 0 Å². The molecule has 0 amide bonds. The lowest BCUT2D eigenvalue weighted by Crippen LogP contribution is -2.25. The number of hydrogen-bond donors (Lipinski definition) is 0. The van der Waals surface area contributed by atoms with E-state index in [-0.39, 0.29) is 11.2 Å². The van der Waals surface area contributed by atoms with E-state index >= 15 is 0 Å². The maximum Gasteiger partial charge on any atom is 0.157 e. The SMILES string of the molecule is CCCCc1nc2ccccc2n1CC(=O)C(C)(C)C. The smallest absolute Gasteiger partial charge is 0.157 e. The van der Waals surface area contributed by atoms with Crippen molar-refractivity contribution in [3.8, 4) is 0 Å². The highest BCUT2D eigenvalue weighted by Gasteiger charge is 2.23. The van der Waals surface area contributed by atoms with Crippen LogP contribution in [0.25, 0.3) is 11.0 Å². The first-order valence-electron chi connectivity index (χ1n) is 7.41. The molecule has 0 atom stereocenters. The average Bonchev–Trinajstić information content (AvgIpc) is 2.73. The zero-order chi connectivity index (χ0) is 14.8. The van der Waals surface area contributed by atoms with Crippen LogP contribution in [0.5, 0.6) is 0 Å². The topological polar surface area (TPSA) is 34.9 Å². The number of carbonyl (C=O) groups excluding carboxylic acids is 1. The molecule has 0 unspecified atom stereocenters. The molecule has 0 saturated heterocycles. The van der Waals surface area contributed by atoms with Crippen LogP contribution in [0, 0.1) is 5.41 Å². The highest BCUT2D eigenvalue weighted by Crippen LogP contribution is 2.21. The standard InChI is InChI=1S/C17H24N2O/c1-5-6-11-16-18-13-9-7-8-10-14(13)19(16)12-15(20)17(2,3)4/h7-10H,5-6,11-12H2,1-4H3. The van der Waals surface area contributed by atoms with Gasteiger partial charge in [-0.1, -0.05) is 46.2 Å². The van der Waals surface area contributed by atoms with Crippen molar-refractivity contribution in [2.75, 3.05) is 0 Å². The highest BCUT2D eigenvalue weighted by molar-refractivity contribution is 5.85. The number of fused-ring (bicyclic) bond motifs is 1. The van der Waals surface area contributed by atoms with Gasteiger partial charge in [0, 0.05) is 11.8 Å². The van der Waals surface area contributed by atoms with Crippen molar-refractivity contribution in [1.29, 1.82) is 0 Å². The third-order valence-electron chi connectivity index (χ3n) is 3.63. The fourth-order valence-corrected chi connectivity index (χ4v) is 2.21. The van der Waals surface area contributed by atoms with Gasteiger partial charge in [0.1, 0.15) is 5.82 Å². The van der Waals surface area contributed by atoms with Crippen LogP contribution in [-0.2, 0) is 17.8 Å².